The van der Waals surface area contributed by atoms with Crippen LogP contribution in [-0.2, 0) is 22.7 Å². The van der Waals surface area contributed by atoms with Gasteiger partial charge in [0.25, 0.3) is 5.91 Å². The molecular weight excluding hydrogens is 471 g/mol. The summed E-state index contributed by atoms with van der Waals surface area (Å²) in [4.78, 5) is 37.8. The first-order chi connectivity index (χ1) is 17.4. The molecule has 1 aliphatic heterocycles. The molecule has 0 spiro atoms. The Morgan fingerprint density at radius 2 is 1.83 bits per heavy atom. The number of urea groups is 1. The van der Waals surface area contributed by atoms with E-state index in [0.29, 0.717) is 23.7 Å². The van der Waals surface area contributed by atoms with Gasteiger partial charge in [0.05, 0.1) is 20.3 Å². The highest BCUT2D eigenvalue weighted by atomic mass is 19.1. The normalized spacial score (nSPS) is 14.2. The Labute approximate surface area is 206 Å². The van der Waals surface area contributed by atoms with Crippen molar-refractivity contribution in [1.29, 1.82) is 0 Å². The smallest absolute Gasteiger partial charge is 0.373 e. The zero-order valence-electron chi connectivity index (χ0n) is 19.6. The van der Waals surface area contributed by atoms with E-state index in [4.69, 9.17) is 13.9 Å². The number of carbonyl (C=O) groups excluding carboxylic acids is 3. The van der Waals surface area contributed by atoms with E-state index in [2.05, 4.69) is 10.1 Å². The van der Waals surface area contributed by atoms with E-state index < -0.39 is 17.9 Å². The molecule has 0 saturated carbocycles. The van der Waals surface area contributed by atoms with Crippen LogP contribution in [0.25, 0.3) is 6.08 Å². The fourth-order valence-corrected chi connectivity index (χ4v) is 3.45. The van der Waals surface area contributed by atoms with Crippen molar-refractivity contribution in [3.8, 4) is 11.5 Å². The second-order valence-electron chi connectivity index (χ2n) is 7.69. The van der Waals surface area contributed by atoms with Crippen molar-refractivity contribution in [2.45, 2.75) is 20.1 Å². The summed E-state index contributed by atoms with van der Waals surface area (Å²) in [6.45, 7) is 2.27. The van der Waals surface area contributed by atoms with E-state index in [9.17, 15) is 18.8 Å². The molecule has 3 amide bonds. The van der Waals surface area contributed by atoms with E-state index in [1.165, 1.54) is 37.5 Å². The van der Waals surface area contributed by atoms with Crippen molar-refractivity contribution in [1.82, 2.24) is 10.2 Å². The van der Waals surface area contributed by atoms with Crippen LogP contribution in [0, 0.1) is 5.82 Å². The molecule has 0 radical (unpaired) electrons. The summed E-state index contributed by atoms with van der Waals surface area (Å²) in [7, 11) is 1.22. The predicted molar refractivity (Wildman–Crippen MR) is 125 cm³/mol. The van der Waals surface area contributed by atoms with Gasteiger partial charge in [-0.1, -0.05) is 18.2 Å². The number of imide groups is 1. The number of amides is 3. The van der Waals surface area contributed by atoms with Gasteiger partial charge in [0.15, 0.2) is 11.5 Å². The van der Waals surface area contributed by atoms with Gasteiger partial charge in [-0.3, -0.25) is 9.69 Å². The number of halogens is 1. The molecule has 36 heavy (non-hydrogen) atoms. The van der Waals surface area contributed by atoms with Gasteiger partial charge in [-0.15, -0.1) is 0 Å². The van der Waals surface area contributed by atoms with Gasteiger partial charge in [0, 0.05) is 0 Å². The fourth-order valence-electron chi connectivity index (χ4n) is 3.45. The average Bonchev–Trinajstić information content (AvgIpc) is 3.45. The van der Waals surface area contributed by atoms with E-state index in [1.54, 1.807) is 30.3 Å². The van der Waals surface area contributed by atoms with Crippen molar-refractivity contribution in [2.75, 3.05) is 13.7 Å². The molecule has 0 aliphatic carbocycles. The number of carbonyl (C=O) groups is 3. The molecule has 2 heterocycles. The largest absolute Gasteiger partial charge is 0.490 e. The van der Waals surface area contributed by atoms with Gasteiger partial charge < -0.3 is 23.9 Å². The Morgan fingerprint density at radius 1 is 1.06 bits per heavy atom. The highest BCUT2D eigenvalue weighted by molar-refractivity contribution is 6.13. The molecule has 0 atom stereocenters. The average molecular weight is 494 g/mol. The molecule has 1 saturated heterocycles. The summed E-state index contributed by atoms with van der Waals surface area (Å²) in [6, 6.07) is 13.4. The zero-order valence-corrected chi connectivity index (χ0v) is 19.6. The molecule has 1 aromatic heterocycles. The van der Waals surface area contributed by atoms with Crippen LogP contribution in [0.3, 0.4) is 0 Å². The highest BCUT2D eigenvalue weighted by Gasteiger charge is 2.34. The van der Waals surface area contributed by atoms with Crippen molar-refractivity contribution >= 4 is 24.0 Å². The standard InChI is InChI=1S/C26H23FN2O7/c1-3-34-23-13-17(6-10-21(23)35-15-16-4-7-18(27)8-5-16)12-20-24(30)29(26(32)28-20)14-19-9-11-22(36-19)25(31)33-2/h4-13H,3,14-15H2,1-2H3,(H,28,32)/b20-12-. The lowest BCUT2D eigenvalue weighted by molar-refractivity contribution is -0.123. The van der Waals surface area contributed by atoms with Crippen molar-refractivity contribution in [3.05, 3.63) is 88.8 Å². The van der Waals surface area contributed by atoms with Crippen molar-refractivity contribution in [2.24, 2.45) is 0 Å². The number of hydrogen-bond acceptors (Lipinski definition) is 7. The summed E-state index contributed by atoms with van der Waals surface area (Å²) in [5, 5.41) is 2.54. The maximum Gasteiger partial charge on any atom is 0.373 e. The molecule has 4 rings (SSSR count). The third kappa shape index (κ3) is 5.54. The fraction of sp³-hybridized carbons (Fsp3) is 0.192. The van der Waals surface area contributed by atoms with Crippen LogP contribution in [0.5, 0.6) is 11.5 Å². The number of furan rings is 1. The third-order valence-electron chi connectivity index (χ3n) is 5.21. The minimum atomic E-state index is -0.658. The Morgan fingerprint density at radius 3 is 2.56 bits per heavy atom. The predicted octanol–water partition coefficient (Wildman–Crippen LogP) is 4.28. The number of rotatable bonds is 9. The Hall–Kier alpha value is -4.60. The summed E-state index contributed by atoms with van der Waals surface area (Å²) in [5.41, 5.74) is 1.46. The monoisotopic (exact) mass is 494 g/mol. The molecule has 2 aromatic carbocycles. The molecule has 1 aliphatic rings. The van der Waals surface area contributed by atoms with Crippen molar-refractivity contribution in [3.63, 3.8) is 0 Å². The summed E-state index contributed by atoms with van der Waals surface area (Å²) < 4.78 is 34.6. The number of nitrogens with zero attached hydrogens (tertiary/aromatic N) is 1. The lowest BCUT2D eigenvalue weighted by Crippen LogP contribution is -2.30. The summed E-state index contributed by atoms with van der Waals surface area (Å²) >= 11 is 0. The lowest BCUT2D eigenvalue weighted by atomic mass is 10.1. The molecule has 186 valence electrons. The Balaban J connectivity index is 1.48. The number of esters is 1. The first kappa shape index (κ1) is 24.5. The summed E-state index contributed by atoms with van der Waals surface area (Å²) in [5.74, 6) is -0.380. The van der Waals surface area contributed by atoms with Crippen LogP contribution < -0.4 is 14.8 Å². The van der Waals surface area contributed by atoms with Crippen molar-refractivity contribution < 1.29 is 37.4 Å². The maximum absolute atomic E-state index is 13.1. The first-order valence-electron chi connectivity index (χ1n) is 11.0. The molecule has 3 aromatic rings. The number of nitrogens with one attached hydrogen (secondary N) is 1. The van der Waals surface area contributed by atoms with E-state index in [0.717, 1.165) is 10.5 Å². The number of ether oxygens (including phenoxy) is 3. The van der Waals surface area contributed by atoms with Crippen LogP contribution in [0.15, 0.2) is 64.7 Å². The molecular formula is C26H23FN2O7. The van der Waals surface area contributed by atoms with Crippen LogP contribution in [0.4, 0.5) is 9.18 Å². The van der Waals surface area contributed by atoms with Gasteiger partial charge in [-0.05, 0) is 60.5 Å². The van der Waals surface area contributed by atoms with Gasteiger partial charge >= 0.3 is 12.0 Å². The molecule has 0 bridgehead atoms. The van der Waals surface area contributed by atoms with E-state index in [1.807, 2.05) is 6.92 Å². The lowest BCUT2D eigenvalue weighted by Gasteiger charge is -2.13. The Kier molecular flexibility index (Phi) is 7.33. The quantitative estimate of drug-likeness (QED) is 0.269. The number of benzene rings is 2. The van der Waals surface area contributed by atoms with Crippen LogP contribution in [-0.4, -0.2) is 36.5 Å². The molecule has 1 N–H and O–H groups in total. The Bertz CT molecular complexity index is 1310. The van der Waals surface area contributed by atoms with Crippen LogP contribution >= 0.6 is 0 Å². The van der Waals surface area contributed by atoms with E-state index in [-0.39, 0.29) is 36.2 Å². The van der Waals surface area contributed by atoms with Crippen LogP contribution in [0.1, 0.15) is 34.4 Å². The van der Waals surface area contributed by atoms with Gasteiger partial charge in [0.1, 0.15) is 23.9 Å². The highest BCUT2D eigenvalue weighted by Crippen LogP contribution is 2.30. The topological polar surface area (TPSA) is 107 Å². The maximum atomic E-state index is 13.1. The minimum Gasteiger partial charge on any atom is -0.490 e. The molecule has 1 fully saturated rings. The van der Waals surface area contributed by atoms with Gasteiger partial charge in [-0.2, -0.15) is 0 Å². The first-order valence-corrected chi connectivity index (χ1v) is 11.0. The number of methoxy groups -OCH3 is 1. The van der Waals surface area contributed by atoms with Gasteiger partial charge in [-0.25, -0.2) is 14.0 Å². The molecule has 9 nitrogen and oxygen atoms in total. The second kappa shape index (κ2) is 10.8. The minimum absolute atomic E-state index is 0.0273. The molecule has 10 heteroatoms. The van der Waals surface area contributed by atoms with Crippen LogP contribution in [0.2, 0.25) is 0 Å². The van der Waals surface area contributed by atoms with E-state index >= 15 is 0 Å². The number of hydrogen-bond donors (Lipinski definition) is 1. The molecule has 0 unspecified atom stereocenters. The summed E-state index contributed by atoms with van der Waals surface area (Å²) in [6.07, 6.45) is 1.52. The second-order valence-corrected chi connectivity index (χ2v) is 7.69. The third-order valence-corrected chi connectivity index (χ3v) is 5.21. The van der Waals surface area contributed by atoms with Gasteiger partial charge in [0.2, 0.25) is 5.76 Å². The zero-order chi connectivity index (χ0) is 25.7. The SMILES string of the molecule is CCOc1cc(/C=C2\NC(=O)N(Cc3ccc(C(=O)OC)o3)C2=O)ccc1OCc1ccc(F)cc1.